The summed E-state index contributed by atoms with van der Waals surface area (Å²) in [5, 5.41) is 3.05. The van der Waals surface area contributed by atoms with Crippen molar-refractivity contribution in [3.63, 3.8) is 0 Å². The van der Waals surface area contributed by atoms with Gasteiger partial charge >= 0.3 is 0 Å². The summed E-state index contributed by atoms with van der Waals surface area (Å²) in [6.45, 7) is 0.746. The fourth-order valence-electron chi connectivity index (χ4n) is 2.99. The second kappa shape index (κ2) is 5.69. The maximum absolute atomic E-state index is 14.2. The molecule has 4 rings (SSSR count). The highest BCUT2D eigenvalue weighted by molar-refractivity contribution is 7.90. The highest BCUT2D eigenvalue weighted by Crippen LogP contribution is 2.30. The number of halogens is 1. The van der Waals surface area contributed by atoms with Crippen molar-refractivity contribution in [2.75, 3.05) is 18.2 Å². The summed E-state index contributed by atoms with van der Waals surface area (Å²) in [5.41, 5.74) is 1.79. The lowest BCUT2D eigenvalue weighted by atomic mass is 10.0. The first-order chi connectivity index (χ1) is 11.9. The molecule has 25 heavy (non-hydrogen) atoms. The first-order valence-corrected chi connectivity index (χ1v) is 9.53. The molecule has 7 nitrogen and oxygen atoms in total. The van der Waals surface area contributed by atoms with E-state index in [-0.39, 0.29) is 17.4 Å². The molecule has 2 aromatic heterocycles. The number of hydrogen-bond acceptors (Lipinski definition) is 6. The van der Waals surface area contributed by atoms with Gasteiger partial charge in [0, 0.05) is 36.5 Å². The van der Waals surface area contributed by atoms with Crippen molar-refractivity contribution >= 4 is 21.3 Å². The molecule has 130 valence electrons. The van der Waals surface area contributed by atoms with Gasteiger partial charge < -0.3 is 10.1 Å². The average Bonchev–Trinajstić information content (AvgIpc) is 3.20. The van der Waals surface area contributed by atoms with E-state index >= 15 is 0 Å². The van der Waals surface area contributed by atoms with E-state index in [4.69, 9.17) is 4.74 Å². The van der Waals surface area contributed by atoms with E-state index in [2.05, 4.69) is 15.3 Å². The van der Waals surface area contributed by atoms with Gasteiger partial charge in [-0.25, -0.2) is 22.8 Å². The summed E-state index contributed by atoms with van der Waals surface area (Å²) in [5.74, 6) is 0.772. The Labute approximate surface area is 143 Å². The number of nitrogens with one attached hydrogen (secondary N) is 1. The van der Waals surface area contributed by atoms with Crippen LogP contribution in [0.15, 0.2) is 35.7 Å². The fourth-order valence-corrected chi connectivity index (χ4v) is 3.78. The summed E-state index contributed by atoms with van der Waals surface area (Å²) in [6.07, 6.45) is 4.63. The Balaban J connectivity index is 1.69. The van der Waals surface area contributed by atoms with Crippen molar-refractivity contribution in [2.45, 2.75) is 18.0 Å². The zero-order valence-corrected chi connectivity index (χ0v) is 14.2. The van der Waals surface area contributed by atoms with Crippen molar-refractivity contribution in [2.24, 2.45) is 0 Å². The van der Waals surface area contributed by atoms with Crippen LogP contribution < -0.4 is 10.1 Å². The molecule has 0 unspecified atom stereocenters. The molecule has 0 spiro atoms. The van der Waals surface area contributed by atoms with Crippen molar-refractivity contribution in [3.05, 3.63) is 47.7 Å². The quantitative estimate of drug-likeness (QED) is 0.762. The van der Waals surface area contributed by atoms with Gasteiger partial charge in [0.05, 0.1) is 12.1 Å². The van der Waals surface area contributed by atoms with Crippen molar-refractivity contribution in [3.8, 4) is 5.75 Å². The maximum Gasteiger partial charge on any atom is 0.208 e. The van der Waals surface area contributed by atoms with Crippen LogP contribution in [0.1, 0.15) is 11.1 Å². The molecule has 9 heteroatoms. The highest BCUT2D eigenvalue weighted by Gasteiger charge is 2.20. The normalized spacial score (nSPS) is 13.7. The topological polar surface area (TPSA) is 85.6 Å². The van der Waals surface area contributed by atoms with Gasteiger partial charge in [-0.3, -0.25) is 4.40 Å². The Kier molecular flexibility index (Phi) is 3.60. The van der Waals surface area contributed by atoms with Gasteiger partial charge in [0.1, 0.15) is 17.9 Å². The minimum atomic E-state index is -3.45. The lowest BCUT2D eigenvalue weighted by Gasteiger charge is -2.11. The number of anilines is 1. The molecule has 0 radical (unpaired) electrons. The molecule has 0 saturated carbocycles. The Morgan fingerprint density at radius 1 is 1.32 bits per heavy atom. The molecule has 1 aliphatic heterocycles. The molecule has 0 saturated heterocycles. The number of hydrogen-bond donors (Lipinski definition) is 1. The van der Waals surface area contributed by atoms with Crippen LogP contribution in [-0.2, 0) is 22.8 Å². The van der Waals surface area contributed by atoms with E-state index in [0.29, 0.717) is 35.8 Å². The van der Waals surface area contributed by atoms with E-state index in [1.54, 1.807) is 12.1 Å². The second-order valence-corrected chi connectivity index (χ2v) is 7.73. The third-order valence-corrected chi connectivity index (χ3v) is 5.16. The molecule has 3 aromatic rings. The van der Waals surface area contributed by atoms with Gasteiger partial charge in [-0.1, -0.05) is 0 Å². The van der Waals surface area contributed by atoms with E-state index in [0.717, 1.165) is 11.8 Å². The van der Waals surface area contributed by atoms with Crippen molar-refractivity contribution in [1.29, 1.82) is 0 Å². The molecular weight excluding hydrogens is 347 g/mol. The zero-order chi connectivity index (χ0) is 17.6. The number of sulfone groups is 1. The van der Waals surface area contributed by atoms with Gasteiger partial charge in [-0.05, 0) is 18.2 Å². The molecule has 0 bridgehead atoms. The van der Waals surface area contributed by atoms with Gasteiger partial charge in [-0.15, -0.1) is 0 Å². The van der Waals surface area contributed by atoms with E-state index < -0.39 is 9.84 Å². The standard InChI is InChI=1S/C16H15FN4O3S/c1-25(22,23)15-13-4-6-18-16(21(13)9-20-15)19-8-11-10-5-7-24-14(10)3-2-12(11)17/h2-4,6,9H,5,7-8H2,1H3,(H,18,19). The number of rotatable bonds is 4. The third kappa shape index (κ3) is 2.70. The number of imidazole rings is 1. The summed E-state index contributed by atoms with van der Waals surface area (Å²) in [6, 6.07) is 4.59. The largest absolute Gasteiger partial charge is 0.493 e. The highest BCUT2D eigenvalue weighted by atomic mass is 32.2. The van der Waals surface area contributed by atoms with Crippen LogP contribution in [0.5, 0.6) is 5.75 Å². The van der Waals surface area contributed by atoms with Gasteiger partial charge in [0.2, 0.25) is 5.95 Å². The molecule has 0 amide bonds. The number of fused-ring (bicyclic) bond motifs is 2. The van der Waals surface area contributed by atoms with Crippen LogP contribution in [-0.4, -0.2) is 35.6 Å². The number of ether oxygens (including phenoxy) is 1. The van der Waals surface area contributed by atoms with E-state index in [9.17, 15) is 12.8 Å². The molecule has 0 atom stereocenters. The predicted molar refractivity (Wildman–Crippen MR) is 89.0 cm³/mol. The number of benzene rings is 1. The van der Waals surface area contributed by atoms with Crippen LogP contribution in [0.25, 0.3) is 5.52 Å². The average molecular weight is 362 g/mol. The van der Waals surface area contributed by atoms with E-state index in [1.807, 2.05) is 0 Å². The third-order valence-electron chi connectivity index (χ3n) is 4.14. The fraction of sp³-hybridized carbons (Fsp3) is 0.250. The van der Waals surface area contributed by atoms with Crippen LogP contribution in [0.3, 0.4) is 0 Å². The Morgan fingerprint density at radius 3 is 2.96 bits per heavy atom. The van der Waals surface area contributed by atoms with Crippen molar-refractivity contribution in [1.82, 2.24) is 14.4 Å². The number of aromatic nitrogens is 3. The zero-order valence-electron chi connectivity index (χ0n) is 13.4. The Morgan fingerprint density at radius 2 is 2.16 bits per heavy atom. The molecule has 1 N–H and O–H groups in total. The second-order valence-electron chi connectivity index (χ2n) is 5.80. The Bertz CT molecular complexity index is 1080. The molecule has 0 fully saturated rings. The first-order valence-electron chi connectivity index (χ1n) is 7.64. The summed E-state index contributed by atoms with van der Waals surface area (Å²) < 4.78 is 44.8. The monoisotopic (exact) mass is 362 g/mol. The van der Waals surface area contributed by atoms with Gasteiger partial charge in [-0.2, -0.15) is 0 Å². The van der Waals surface area contributed by atoms with Crippen LogP contribution >= 0.6 is 0 Å². The molecule has 1 aromatic carbocycles. The van der Waals surface area contributed by atoms with Gasteiger partial charge in [0.25, 0.3) is 0 Å². The number of nitrogens with zero attached hydrogens (tertiary/aromatic N) is 3. The molecular formula is C16H15FN4O3S. The van der Waals surface area contributed by atoms with Crippen LogP contribution in [0, 0.1) is 5.82 Å². The van der Waals surface area contributed by atoms with Crippen LogP contribution in [0.4, 0.5) is 10.3 Å². The first kappa shape index (κ1) is 15.8. The smallest absolute Gasteiger partial charge is 0.208 e. The summed E-state index contributed by atoms with van der Waals surface area (Å²) >= 11 is 0. The van der Waals surface area contributed by atoms with Crippen molar-refractivity contribution < 1.29 is 17.5 Å². The minimum absolute atomic E-state index is 0.0156. The Hall–Kier alpha value is -2.68. The van der Waals surface area contributed by atoms with Gasteiger partial charge in [0.15, 0.2) is 14.9 Å². The molecule has 1 aliphatic rings. The summed E-state index contributed by atoms with van der Waals surface area (Å²) in [4.78, 5) is 8.16. The lowest BCUT2D eigenvalue weighted by molar-refractivity contribution is 0.356. The molecule has 0 aliphatic carbocycles. The van der Waals surface area contributed by atoms with E-state index in [1.165, 1.54) is 23.0 Å². The summed E-state index contributed by atoms with van der Waals surface area (Å²) in [7, 11) is -3.45. The maximum atomic E-state index is 14.2. The minimum Gasteiger partial charge on any atom is -0.493 e. The predicted octanol–water partition coefficient (Wildman–Crippen LogP) is 1.82. The SMILES string of the molecule is CS(=O)(=O)c1ncn2c(NCc3c(F)ccc4c3CCO4)nccc12. The lowest BCUT2D eigenvalue weighted by Crippen LogP contribution is -2.09. The molecule has 3 heterocycles. The van der Waals surface area contributed by atoms with Crippen LogP contribution in [0.2, 0.25) is 0 Å².